The van der Waals surface area contributed by atoms with Crippen molar-refractivity contribution in [2.45, 2.75) is 44.1 Å². The summed E-state index contributed by atoms with van der Waals surface area (Å²) in [6.07, 6.45) is 8.57. The molecule has 0 aliphatic heterocycles. The second-order valence-corrected chi connectivity index (χ2v) is 5.34. The van der Waals surface area contributed by atoms with E-state index in [4.69, 9.17) is 5.84 Å². The van der Waals surface area contributed by atoms with Crippen LogP contribution in [0.15, 0.2) is 0 Å². The lowest BCUT2D eigenvalue weighted by Gasteiger charge is -2.56. The summed E-state index contributed by atoms with van der Waals surface area (Å²) < 4.78 is 0. The van der Waals surface area contributed by atoms with Crippen LogP contribution in [0.1, 0.15) is 38.5 Å². The zero-order chi connectivity index (χ0) is 8.18. The Labute approximate surface area is 86.0 Å². The third-order valence-electron chi connectivity index (χ3n) is 4.34. The minimum absolute atomic E-state index is 0. The first-order valence-corrected chi connectivity index (χ1v) is 5.27. The summed E-state index contributed by atoms with van der Waals surface area (Å²) in [5, 5.41) is 0. The number of rotatable bonds is 1. The second kappa shape index (κ2) is 3.11. The molecule has 3 N–H and O–H groups in total. The molecule has 0 aromatic rings. The summed E-state index contributed by atoms with van der Waals surface area (Å²) in [6.45, 7) is 0. The Kier molecular flexibility index (Phi) is 2.33. The molecule has 4 saturated carbocycles. The van der Waals surface area contributed by atoms with Crippen LogP contribution in [-0.4, -0.2) is 5.54 Å². The van der Waals surface area contributed by atoms with Gasteiger partial charge in [0, 0.05) is 5.54 Å². The molecule has 0 aromatic carbocycles. The Morgan fingerprint density at radius 2 is 1.31 bits per heavy atom. The van der Waals surface area contributed by atoms with Crippen molar-refractivity contribution in [3.8, 4) is 0 Å². The van der Waals surface area contributed by atoms with E-state index in [-0.39, 0.29) is 12.4 Å². The standard InChI is InChI=1S/C10H18N2.ClH/c11-12-10-4-7-1-8(5-10)3-9(2-7)6-10;/h7-9,12H,1-6,11H2;1H. The van der Waals surface area contributed by atoms with E-state index in [9.17, 15) is 0 Å². The van der Waals surface area contributed by atoms with E-state index in [1.807, 2.05) is 0 Å². The highest BCUT2D eigenvalue weighted by Crippen LogP contribution is 2.55. The molecule has 0 spiro atoms. The Bertz CT molecular complexity index is 170. The monoisotopic (exact) mass is 202 g/mol. The molecule has 4 bridgehead atoms. The minimum Gasteiger partial charge on any atom is -0.271 e. The van der Waals surface area contributed by atoms with Gasteiger partial charge in [0.1, 0.15) is 0 Å². The van der Waals surface area contributed by atoms with Crippen molar-refractivity contribution < 1.29 is 0 Å². The van der Waals surface area contributed by atoms with Gasteiger partial charge in [-0.25, -0.2) is 0 Å². The maximum atomic E-state index is 5.68. The van der Waals surface area contributed by atoms with Gasteiger partial charge in [0.2, 0.25) is 0 Å². The molecule has 0 amide bonds. The quantitative estimate of drug-likeness (QED) is 0.503. The number of nitrogens with one attached hydrogen (secondary N) is 1. The fraction of sp³-hybridized carbons (Fsp3) is 1.00. The highest BCUT2D eigenvalue weighted by Gasteiger charge is 2.50. The van der Waals surface area contributed by atoms with Crippen LogP contribution in [0.2, 0.25) is 0 Å². The molecule has 0 unspecified atom stereocenters. The minimum atomic E-state index is 0. The summed E-state index contributed by atoms with van der Waals surface area (Å²) in [4.78, 5) is 0. The molecule has 4 rings (SSSR count). The van der Waals surface area contributed by atoms with Crippen molar-refractivity contribution in [1.82, 2.24) is 5.43 Å². The number of halogens is 1. The van der Waals surface area contributed by atoms with Gasteiger partial charge in [-0.2, -0.15) is 0 Å². The van der Waals surface area contributed by atoms with Gasteiger partial charge >= 0.3 is 0 Å². The van der Waals surface area contributed by atoms with E-state index in [1.165, 1.54) is 38.5 Å². The maximum Gasteiger partial charge on any atom is 0.0329 e. The molecule has 2 nitrogen and oxygen atoms in total. The van der Waals surface area contributed by atoms with Crippen molar-refractivity contribution in [3.63, 3.8) is 0 Å². The number of nitrogens with two attached hydrogens (primary N) is 1. The van der Waals surface area contributed by atoms with Gasteiger partial charge < -0.3 is 0 Å². The summed E-state index contributed by atoms with van der Waals surface area (Å²) >= 11 is 0. The predicted octanol–water partition coefficient (Wildman–Crippen LogP) is 1.84. The molecule has 13 heavy (non-hydrogen) atoms. The lowest BCUT2D eigenvalue weighted by molar-refractivity contribution is -0.0196. The lowest BCUT2D eigenvalue weighted by atomic mass is 9.53. The average Bonchev–Trinajstić information content (AvgIpc) is 2.02. The fourth-order valence-electron chi connectivity index (χ4n) is 4.29. The Morgan fingerprint density at radius 3 is 1.62 bits per heavy atom. The topological polar surface area (TPSA) is 38.0 Å². The van der Waals surface area contributed by atoms with Gasteiger partial charge in [0.05, 0.1) is 0 Å². The average molecular weight is 203 g/mol. The van der Waals surface area contributed by atoms with E-state index in [1.54, 1.807) is 0 Å². The molecule has 0 saturated heterocycles. The number of hydrogen-bond acceptors (Lipinski definition) is 2. The largest absolute Gasteiger partial charge is 0.271 e. The summed E-state index contributed by atoms with van der Waals surface area (Å²) in [5.74, 6) is 8.70. The summed E-state index contributed by atoms with van der Waals surface area (Å²) in [5.41, 5.74) is 3.48. The van der Waals surface area contributed by atoms with Crippen molar-refractivity contribution >= 4 is 12.4 Å². The van der Waals surface area contributed by atoms with E-state index in [0.29, 0.717) is 5.54 Å². The highest BCUT2D eigenvalue weighted by atomic mass is 35.5. The molecule has 0 aromatic heterocycles. The van der Waals surface area contributed by atoms with Crippen LogP contribution in [-0.2, 0) is 0 Å². The molecule has 4 fully saturated rings. The zero-order valence-corrected chi connectivity index (χ0v) is 8.78. The van der Waals surface area contributed by atoms with E-state index >= 15 is 0 Å². The second-order valence-electron chi connectivity index (χ2n) is 5.34. The normalized spacial score (nSPS) is 51.9. The molecule has 0 heterocycles. The number of hydrogen-bond donors (Lipinski definition) is 2. The van der Waals surface area contributed by atoms with Gasteiger partial charge in [-0.1, -0.05) is 0 Å². The molecule has 4 aliphatic rings. The third kappa shape index (κ3) is 1.39. The molecule has 4 aliphatic carbocycles. The fourth-order valence-corrected chi connectivity index (χ4v) is 4.29. The van der Waals surface area contributed by atoms with Crippen LogP contribution in [0.5, 0.6) is 0 Å². The van der Waals surface area contributed by atoms with Crippen LogP contribution in [0.25, 0.3) is 0 Å². The summed E-state index contributed by atoms with van der Waals surface area (Å²) in [7, 11) is 0. The Morgan fingerprint density at radius 1 is 0.923 bits per heavy atom. The van der Waals surface area contributed by atoms with Crippen LogP contribution in [0, 0.1) is 17.8 Å². The molecule has 0 atom stereocenters. The van der Waals surface area contributed by atoms with Crippen LogP contribution in [0.4, 0.5) is 0 Å². The predicted molar refractivity (Wildman–Crippen MR) is 55.5 cm³/mol. The van der Waals surface area contributed by atoms with Crippen LogP contribution in [0.3, 0.4) is 0 Å². The third-order valence-corrected chi connectivity index (χ3v) is 4.34. The molecule has 76 valence electrons. The van der Waals surface area contributed by atoms with Crippen molar-refractivity contribution in [1.29, 1.82) is 0 Å². The molecular weight excluding hydrogens is 184 g/mol. The maximum absolute atomic E-state index is 5.68. The molecule has 0 radical (unpaired) electrons. The van der Waals surface area contributed by atoms with E-state index in [2.05, 4.69) is 5.43 Å². The SMILES string of the molecule is Cl.NNC12CC3CC(CC(C3)C1)C2. The lowest BCUT2D eigenvalue weighted by Crippen LogP contribution is -2.60. The van der Waals surface area contributed by atoms with Gasteiger partial charge in [0.15, 0.2) is 0 Å². The van der Waals surface area contributed by atoms with Gasteiger partial charge in [-0.3, -0.25) is 11.3 Å². The van der Waals surface area contributed by atoms with Gasteiger partial charge in [-0.05, 0) is 56.3 Å². The number of hydrazine groups is 1. The highest BCUT2D eigenvalue weighted by molar-refractivity contribution is 5.85. The Balaban J connectivity index is 0.000000653. The van der Waals surface area contributed by atoms with Crippen molar-refractivity contribution in [2.75, 3.05) is 0 Å². The Hall–Kier alpha value is 0.210. The van der Waals surface area contributed by atoms with Crippen molar-refractivity contribution in [3.05, 3.63) is 0 Å². The first-order valence-electron chi connectivity index (χ1n) is 5.27. The first kappa shape index (κ1) is 9.75. The summed E-state index contributed by atoms with van der Waals surface area (Å²) in [6, 6.07) is 0. The zero-order valence-electron chi connectivity index (χ0n) is 7.96. The van der Waals surface area contributed by atoms with Crippen LogP contribution >= 0.6 is 12.4 Å². The smallest absolute Gasteiger partial charge is 0.0329 e. The van der Waals surface area contributed by atoms with Crippen LogP contribution < -0.4 is 11.3 Å². The van der Waals surface area contributed by atoms with Gasteiger partial charge in [0.25, 0.3) is 0 Å². The first-order chi connectivity index (χ1) is 5.80. The van der Waals surface area contributed by atoms with Crippen molar-refractivity contribution in [2.24, 2.45) is 23.6 Å². The molecular formula is C10H19ClN2. The van der Waals surface area contributed by atoms with Gasteiger partial charge in [-0.15, -0.1) is 12.4 Å². The van der Waals surface area contributed by atoms with E-state index < -0.39 is 0 Å². The van der Waals surface area contributed by atoms with E-state index in [0.717, 1.165) is 17.8 Å². The molecule has 3 heteroatoms.